The molecule has 0 saturated carbocycles. The zero-order chi connectivity index (χ0) is 23.4. The van der Waals surface area contributed by atoms with Crippen molar-refractivity contribution in [2.75, 3.05) is 32.9 Å². The third-order valence-electron chi connectivity index (χ3n) is 6.03. The Morgan fingerprint density at radius 3 is 2.42 bits per heavy atom. The van der Waals surface area contributed by atoms with Crippen LogP contribution in [0.1, 0.15) is 38.3 Å². The third kappa shape index (κ3) is 5.25. The second-order valence-electron chi connectivity index (χ2n) is 8.22. The highest BCUT2D eigenvalue weighted by molar-refractivity contribution is 7.89. The number of nitrogens with zero attached hydrogens (tertiary/aromatic N) is 1. The van der Waals surface area contributed by atoms with Crippen molar-refractivity contribution < 1.29 is 27.4 Å². The number of nitrogens with one attached hydrogen (secondary N) is 1. The maximum Gasteiger partial charge on any atom is 0.243 e. The first-order valence-electron chi connectivity index (χ1n) is 11.3. The molecular formula is C24H30N2O6S. The number of hydrogen-bond acceptors (Lipinski definition) is 6. The molecule has 1 N–H and O–H groups in total. The number of piperidine rings is 1. The molecule has 178 valence electrons. The molecule has 33 heavy (non-hydrogen) atoms. The number of sulfonamides is 1. The Balaban J connectivity index is 1.33. The van der Waals surface area contributed by atoms with E-state index in [1.54, 1.807) is 12.1 Å². The molecule has 2 aliphatic heterocycles. The molecule has 1 fully saturated rings. The minimum absolute atomic E-state index is 0.0484. The lowest BCUT2D eigenvalue weighted by molar-refractivity contribution is -0.126. The minimum atomic E-state index is -3.67. The monoisotopic (exact) mass is 474 g/mol. The Labute approximate surface area is 194 Å². The van der Waals surface area contributed by atoms with Gasteiger partial charge in [-0.2, -0.15) is 4.31 Å². The Hall–Kier alpha value is -2.78. The Morgan fingerprint density at radius 1 is 1.09 bits per heavy atom. The first kappa shape index (κ1) is 23.4. The molecule has 1 saturated heterocycles. The first-order valence-corrected chi connectivity index (χ1v) is 12.8. The molecule has 2 heterocycles. The normalized spacial score (nSPS) is 17.9. The molecule has 2 aromatic carbocycles. The van der Waals surface area contributed by atoms with Crippen LogP contribution < -0.4 is 19.5 Å². The molecule has 2 aromatic rings. The fourth-order valence-electron chi connectivity index (χ4n) is 4.13. The van der Waals surface area contributed by atoms with Crippen molar-refractivity contribution >= 4 is 15.9 Å². The van der Waals surface area contributed by atoms with E-state index in [-0.39, 0.29) is 22.8 Å². The molecule has 1 amide bonds. The van der Waals surface area contributed by atoms with Gasteiger partial charge in [0.2, 0.25) is 15.9 Å². The molecule has 0 radical (unpaired) electrons. The molecule has 2 aliphatic rings. The van der Waals surface area contributed by atoms with Crippen molar-refractivity contribution in [1.29, 1.82) is 0 Å². The summed E-state index contributed by atoms with van der Waals surface area (Å²) in [4.78, 5) is 13.0. The van der Waals surface area contributed by atoms with E-state index in [4.69, 9.17) is 14.2 Å². The van der Waals surface area contributed by atoms with Gasteiger partial charge in [0.25, 0.3) is 0 Å². The van der Waals surface area contributed by atoms with E-state index < -0.39 is 10.0 Å². The Kier molecular flexibility index (Phi) is 7.09. The second-order valence-corrected chi connectivity index (χ2v) is 10.2. The van der Waals surface area contributed by atoms with E-state index in [1.165, 1.54) is 10.4 Å². The number of benzene rings is 2. The highest BCUT2D eigenvalue weighted by atomic mass is 32.2. The highest BCUT2D eigenvalue weighted by Crippen LogP contribution is 2.34. The molecule has 1 atom stereocenters. The van der Waals surface area contributed by atoms with E-state index in [2.05, 4.69) is 5.32 Å². The fraction of sp³-hybridized carbons (Fsp3) is 0.458. The SMILES string of the molecule is CCOc1ccc([C@H](C)NC(=O)C2CCN(S(=O)(=O)c3ccc4c(c3)OCCO4)CC2)cc1. The van der Waals surface area contributed by atoms with E-state index in [9.17, 15) is 13.2 Å². The summed E-state index contributed by atoms with van der Waals surface area (Å²) in [7, 11) is -3.67. The van der Waals surface area contributed by atoms with Crippen molar-refractivity contribution in [1.82, 2.24) is 9.62 Å². The van der Waals surface area contributed by atoms with Crippen LogP contribution in [0.5, 0.6) is 17.2 Å². The summed E-state index contributed by atoms with van der Waals surface area (Å²) in [5.74, 6) is 1.53. The predicted molar refractivity (Wildman–Crippen MR) is 123 cm³/mol. The van der Waals surface area contributed by atoms with Gasteiger partial charge in [0, 0.05) is 25.1 Å². The summed E-state index contributed by atoms with van der Waals surface area (Å²) in [5, 5.41) is 3.06. The Morgan fingerprint density at radius 2 is 1.76 bits per heavy atom. The lowest BCUT2D eigenvalue weighted by Gasteiger charge is -2.31. The smallest absolute Gasteiger partial charge is 0.243 e. The fourth-order valence-corrected chi connectivity index (χ4v) is 5.61. The number of carbonyl (C=O) groups excluding carboxylic acids is 1. The van der Waals surface area contributed by atoms with Gasteiger partial charge in [0.15, 0.2) is 11.5 Å². The van der Waals surface area contributed by atoms with Crippen LogP contribution >= 0.6 is 0 Å². The highest BCUT2D eigenvalue weighted by Gasteiger charge is 2.33. The molecule has 0 aromatic heterocycles. The number of amides is 1. The van der Waals surface area contributed by atoms with Crippen LogP contribution in [0.15, 0.2) is 47.4 Å². The van der Waals surface area contributed by atoms with Crippen molar-refractivity contribution in [3.63, 3.8) is 0 Å². The largest absolute Gasteiger partial charge is 0.494 e. The van der Waals surface area contributed by atoms with Gasteiger partial charge in [0.05, 0.1) is 17.5 Å². The maximum atomic E-state index is 13.1. The molecule has 4 rings (SSSR count). The van der Waals surface area contributed by atoms with Gasteiger partial charge >= 0.3 is 0 Å². The maximum absolute atomic E-state index is 13.1. The molecule has 0 aliphatic carbocycles. The van der Waals surface area contributed by atoms with Gasteiger partial charge in [-0.05, 0) is 56.5 Å². The van der Waals surface area contributed by atoms with Crippen LogP contribution in [0.4, 0.5) is 0 Å². The van der Waals surface area contributed by atoms with Crippen LogP contribution in [0, 0.1) is 5.92 Å². The molecule has 0 spiro atoms. The number of fused-ring (bicyclic) bond motifs is 1. The second kappa shape index (κ2) is 10.0. The van der Waals surface area contributed by atoms with E-state index in [0.717, 1.165) is 11.3 Å². The van der Waals surface area contributed by atoms with Crippen LogP contribution in [0.3, 0.4) is 0 Å². The standard InChI is InChI=1S/C24H30N2O6S/c1-3-30-20-6-4-18(5-7-20)17(2)25-24(27)19-10-12-26(13-11-19)33(28,29)21-8-9-22-23(16-21)32-15-14-31-22/h4-9,16-17,19H,3,10-15H2,1-2H3,(H,25,27)/t17-/m0/s1. The molecule has 0 bridgehead atoms. The van der Waals surface area contributed by atoms with E-state index in [0.29, 0.717) is 57.3 Å². The average molecular weight is 475 g/mol. The van der Waals surface area contributed by atoms with E-state index >= 15 is 0 Å². The van der Waals surface area contributed by atoms with Gasteiger partial charge in [-0.25, -0.2) is 8.42 Å². The number of hydrogen-bond donors (Lipinski definition) is 1. The van der Waals surface area contributed by atoms with Crippen LogP contribution in [0.25, 0.3) is 0 Å². The molecule has 0 unspecified atom stereocenters. The molecule has 9 heteroatoms. The third-order valence-corrected chi connectivity index (χ3v) is 7.92. The summed E-state index contributed by atoms with van der Waals surface area (Å²) in [6.07, 6.45) is 0.956. The van der Waals surface area contributed by atoms with Gasteiger partial charge < -0.3 is 19.5 Å². The zero-order valence-corrected chi connectivity index (χ0v) is 19.8. The molecular weight excluding hydrogens is 444 g/mol. The van der Waals surface area contributed by atoms with Gasteiger partial charge in [-0.3, -0.25) is 4.79 Å². The first-order chi connectivity index (χ1) is 15.9. The lowest BCUT2D eigenvalue weighted by atomic mass is 9.96. The topological polar surface area (TPSA) is 94.2 Å². The van der Waals surface area contributed by atoms with Crippen LogP contribution in [-0.4, -0.2) is 51.5 Å². The number of rotatable bonds is 7. The summed E-state index contributed by atoms with van der Waals surface area (Å²) in [6.45, 7) is 5.92. The molecule has 8 nitrogen and oxygen atoms in total. The quantitative estimate of drug-likeness (QED) is 0.663. The summed E-state index contributed by atoms with van der Waals surface area (Å²) in [6, 6.07) is 12.2. The number of ether oxygens (including phenoxy) is 3. The van der Waals surface area contributed by atoms with Crippen molar-refractivity contribution in [3.8, 4) is 17.2 Å². The predicted octanol–water partition coefficient (Wildman–Crippen LogP) is 3.13. The number of carbonyl (C=O) groups is 1. The van der Waals surface area contributed by atoms with E-state index in [1.807, 2.05) is 38.1 Å². The zero-order valence-electron chi connectivity index (χ0n) is 19.0. The summed E-state index contributed by atoms with van der Waals surface area (Å²) < 4.78 is 44.1. The van der Waals surface area contributed by atoms with Crippen molar-refractivity contribution in [2.24, 2.45) is 5.92 Å². The van der Waals surface area contributed by atoms with Crippen molar-refractivity contribution in [2.45, 2.75) is 37.6 Å². The summed E-state index contributed by atoms with van der Waals surface area (Å²) in [5.41, 5.74) is 0.991. The van der Waals surface area contributed by atoms with Crippen LogP contribution in [-0.2, 0) is 14.8 Å². The van der Waals surface area contributed by atoms with Gasteiger partial charge in [0.1, 0.15) is 19.0 Å². The van der Waals surface area contributed by atoms with Crippen LogP contribution in [0.2, 0.25) is 0 Å². The average Bonchev–Trinajstić information content (AvgIpc) is 2.84. The van der Waals surface area contributed by atoms with Crippen molar-refractivity contribution in [3.05, 3.63) is 48.0 Å². The van der Waals surface area contributed by atoms with Gasteiger partial charge in [-0.15, -0.1) is 0 Å². The van der Waals surface area contributed by atoms with Gasteiger partial charge in [-0.1, -0.05) is 12.1 Å². The minimum Gasteiger partial charge on any atom is -0.494 e. The Bertz CT molecular complexity index is 1080. The summed E-state index contributed by atoms with van der Waals surface area (Å²) >= 11 is 0. The lowest BCUT2D eigenvalue weighted by Crippen LogP contribution is -2.43.